The van der Waals surface area contributed by atoms with E-state index in [0.29, 0.717) is 42.6 Å². The smallest absolute Gasteiger partial charge is 0.303 e. The maximum atomic E-state index is 12.1. The lowest BCUT2D eigenvalue weighted by molar-refractivity contribution is -0.210. The van der Waals surface area contributed by atoms with Gasteiger partial charge in [-0.2, -0.15) is 0 Å². The Bertz CT molecular complexity index is 899. The zero-order chi connectivity index (χ0) is 28.5. The highest BCUT2D eigenvalue weighted by Crippen LogP contribution is 2.68. The predicted molar refractivity (Wildman–Crippen MR) is 151 cm³/mol. The molecule has 0 heterocycles. The molecule has 0 spiro atoms. The molecule has 0 radical (unpaired) electrons. The van der Waals surface area contributed by atoms with Crippen molar-refractivity contribution in [2.24, 2.45) is 52.3 Å². The van der Waals surface area contributed by atoms with E-state index < -0.39 is 12.2 Å². The molecule has 4 aliphatic rings. The van der Waals surface area contributed by atoms with E-state index in [1.807, 2.05) is 0 Å². The van der Waals surface area contributed by atoms with E-state index in [4.69, 9.17) is 14.2 Å². The Balaban J connectivity index is 1.59. The molecule has 0 aromatic rings. The van der Waals surface area contributed by atoms with Crippen LogP contribution in [0.3, 0.4) is 0 Å². The molecule has 6 nitrogen and oxygen atoms in total. The Morgan fingerprint density at radius 3 is 2.15 bits per heavy atom. The van der Waals surface area contributed by atoms with Crippen LogP contribution in [0.25, 0.3) is 0 Å². The topological polar surface area (TPSA) is 78.9 Å². The zero-order valence-electron chi connectivity index (χ0n) is 25.6. The minimum absolute atomic E-state index is 0.242. The second kappa shape index (κ2) is 12.1. The number of hydrogen-bond donors (Lipinski definition) is 0. The molecule has 0 aromatic carbocycles. The normalized spacial score (nSPS) is 40.2. The second-order valence-electron chi connectivity index (χ2n) is 14.4. The minimum Gasteiger partial charge on any atom is -0.465 e. The fourth-order valence-corrected chi connectivity index (χ4v) is 10.2. The summed E-state index contributed by atoms with van der Waals surface area (Å²) < 4.78 is 17.4. The molecule has 4 aliphatic carbocycles. The first-order valence-electron chi connectivity index (χ1n) is 15.8. The van der Waals surface area contributed by atoms with E-state index in [1.54, 1.807) is 0 Å². The molecule has 0 saturated heterocycles. The first-order valence-corrected chi connectivity index (χ1v) is 15.8. The lowest BCUT2D eigenvalue weighted by Crippen LogP contribution is -2.60. The van der Waals surface area contributed by atoms with E-state index >= 15 is 0 Å². The lowest BCUT2D eigenvalue weighted by atomic mass is 9.43. The summed E-state index contributed by atoms with van der Waals surface area (Å²) in [5.41, 5.74) is 0.131. The van der Waals surface area contributed by atoms with Crippen LogP contribution < -0.4 is 0 Å². The largest absolute Gasteiger partial charge is 0.465 e. The van der Waals surface area contributed by atoms with Gasteiger partial charge in [-0.1, -0.05) is 47.0 Å². The van der Waals surface area contributed by atoms with Crippen molar-refractivity contribution in [3.63, 3.8) is 0 Å². The van der Waals surface area contributed by atoms with Gasteiger partial charge >= 0.3 is 17.9 Å². The third-order valence-electron chi connectivity index (χ3n) is 11.7. The molecule has 0 bridgehead atoms. The molecule has 0 aromatic heterocycles. The van der Waals surface area contributed by atoms with E-state index in [2.05, 4.69) is 27.7 Å². The van der Waals surface area contributed by atoms with Gasteiger partial charge in [-0.25, -0.2) is 0 Å². The van der Waals surface area contributed by atoms with Crippen LogP contribution in [0.4, 0.5) is 0 Å². The van der Waals surface area contributed by atoms with E-state index in [1.165, 1.54) is 65.7 Å². The van der Waals surface area contributed by atoms with Crippen molar-refractivity contribution in [2.75, 3.05) is 6.61 Å². The Kier molecular flexibility index (Phi) is 9.43. The molecule has 4 rings (SSSR count). The van der Waals surface area contributed by atoms with Crippen LogP contribution in [-0.2, 0) is 28.6 Å². The highest BCUT2D eigenvalue weighted by molar-refractivity contribution is 5.67. The van der Waals surface area contributed by atoms with Crippen molar-refractivity contribution < 1.29 is 28.6 Å². The van der Waals surface area contributed by atoms with Crippen LogP contribution in [0.15, 0.2) is 0 Å². The summed E-state index contributed by atoms with van der Waals surface area (Å²) in [7, 11) is 0. The van der Waals surface area contributed by atoms with E-state index in [-0.39, 0.29) is 29.2 Å². The average molecular weight is 547 g/mol. The predicted octanol–water partition coefficient (Wildman–Crippen LogP) is 7.12. The summed E-state index contributed by atoms with van der Waals surface area (Å²) in [5.74, 6) is 3.38. The van der Waals surface area contributed by atoms with Gasteiger partial charge in [-0.05, 0) is 98.2 Å². The molecule has 0 N–H and O–H groups in total. The Morgan fingerprint density at radius 1 is 0.821 bits per heavy atom. The number of esters is 3. The van der Waals surface area contributed by atoms with Gasteiger partial charge in [-0.3, -0.25) is 14.4 Å². The summed E-state index contributed by atoms with van der Waals surface area (Å²) in [6.45, 7) is 14.5. The van der Waals surface area contributed by atoms with Gasteiger partial charge < -0.3 is 14.2 Å². The fraction of sp³-hybridized carbons (Fsp3) is 0.909. The van der Waals surface area contributed by atoms with Gasteiger partial charge in [0.05, 0.1) is 6.61 Å². The molecular formula is C33H54O6. The quantitative estimate of drug-likeness (QED) is 0.226. The number of carbonyl (C=O) groups excluding carboxylic acids is 3. The third kappa shape index (κ3) is 6.20. The van der Waals surface area contributed by atoms with Gasteiger partial charge in [0, 0.05) is 26.2 Å². The number of ether oxygens (including phenoxy) is 3. The number of carbonyl (C=O) groups is 3. The SMILES string of the molecule is CC(=O)OCC12CC(OC(C)=O)C(OC(C)=O)CC1CCC1C3CCC(C(C)CCCC(C)C)C3(C)CCC12. The van der Waals surface area contributed by atoms with Gasteiger partial charge in [-0.15, -0.1) is 0 Å². The Hall–Kier alpha value is -1.59. The van der Waals surface area contributed by atoms with Crippen molar-refractivity contribution in [3.05, 3.63) is 0 Å². The standard InChI is InChI=1S/C33H54O6/c1-20(2)9-8-10-21(3)27-13-14-28-26-12-11-25-17-30(38-23(5)35)31(39-24(6)36)18-33(25,19-37-22(4)34)29(26)15-16-32(27,28)7/h20-21,25-31H,8-19H2,1-7H3. The van der Waals surface area contributed by atoms with Gasteiger partial charge in [0.2, 0.25) is 0 Å². The molecule has 10 unspecified atom stereocenters. The van der Waals surface area contributed by atoms with E-state index in [9.17, 15) is 14.4 Å². The fourth-order valence-electron chi connectivity index (χ4n) is 10.2. The monoisotopic (exact) mass is 546 g/mol. The summed E-state index contributed by atoms with van der Waals surface area (Å²) in [6.07, 6.45) is 11.5. The number of hydrogen-bond acceptors (Lipinski definition) is 6. The summed E-state index contributed by atoms with van der Waals surface area (Å²) >= 11 is 0. The highest BCUT2D eigenvalue weighted by atomic mass is 16.6. The number of fused-ring (bicyclic) bond motifs is 5. The first-order chi connectivity index (χ1) is 18.4. The lowest BCUT2D eigenvalue weighted by Gasteiger charge is -2.62. The molecule has 0 amide bonds. The molecule has 4 saturated carbocycles. The van der Waals surface area contributed by atoms with Crippen LogP contribution >= 0.6 is 0 Å². The summed E-state index contributed by atoms with van der Waals surface area (Å²) in [5, 5.41) is 0. The second-order valence-corrected chi connectivity index (χ2v) is 14.4. The minimum atomic E-state index is -0.498. The Morgan fingerprint density at radius 2 is 1.51 bits per heavy atom. The van der Waals surface area contributed by atoms with E-state index in [0.717, 1.165) is 30.6 Å². The van der Waals surface area contributed by atoms with Gasteiger partial charge in [0.1, 0.15) is 12.2 Å². The molecule has 39 heavy (non-hydrogen) atoms. The molecule has 222 valence electrons. The summed E-state index contributed by atoms with van der Waals surface area (Å²) in [6, 6.07) is 0. The van der Waals surface area contributed by atoms with Crippen molar-refractivity contribution in [1.29, 1.82) is 0 Å². The first kappa shape index (κ1) is 30.4. The van der Waals surface area contributed by atoms with Gasteiger partial charge in [0.15, 0.2) is 0 Å². The average Bonchev–Trinajstić information content (AvgIpc) is 3.19. The van der Waals surface area contributed by atoms with Crippen molar-refractivity contribution >= 4 is 17.9 Å². The third-order valence-corrected chi connectivity index (χ3v) is 11.7. The highest BCUT2D eigenvalue weighted by Gasteiger charge is 2.64. The molecule has 4 fully saturated rings. The van der Waals surface area contributed by atoms with Crippen molar-refractivity contribution in [2.45, 2.75) is 131 Å². The van der Waals surface area contributed by atoms with Crippen LogP contribution in [0.1, 0.15) is 119 Å². The molecule has 6 heteroatoms. The number of rotatable bonds is 9. The summed E-state index contributed by atoms with van der Waals surface area (Å²) in [4.78, 5) is 36.1. The Labute approximate surface area is 236 Å². The zero-order valence-corrected chi connectivity index (χ0v) is 25.6. The van der Waals surface area contributed by atoms with Crippen LogP contribution in [0, 0.1) is 52.3 Å². The molecule has 0 aliphatic heterocycles. The van der Waals surface area contributed by atoms with Crippen LogP contribution in [0.2, 0.25) is 0 Å². The van der Waals surface area contributed by atoms with Crippen molar-refractivity contribution in [1.82, 2.24) is 0 Å². The maximum Gasteiger partial charge on any atom is 0.303 e. The van der Waals surface area contributed by atoms with Crippen molar-refractivity contribution in [3.8, 4) is 0 Å². The van der Waals surface area contributed by atoms with Crippen LogP contribution in [-0.4, -0.2) is 36.7 Å². The maximum absolute atomic E-state index is 12.1. The van der Waals surface area contributed by atoms with Crippen LogP contribution in [0.5, 0.6) is 0 Å². The molecule has 10 atom stereocenters. The van der Waals surface area contributed by atoms with Gasteiger partial charge in [0.25, 0.3) is 0 Å². The molecular weight excluding hydrogens is 492 g/mol.